The number of alkyl carbamates (subject to hydrolysis) is 1. The molecule has 1 aliphatic carbocycles. The fourth-order valence-electron chi connectivity index (χ4n) is 2.47. The van der Waals surface area contributed by atoms with Gasteiger partial charge in [-0.2, -0.15) is 0 Å². The fraction of sp³-hybridized carbons (Fsp3) is 0.588. The summed E-state index contributed by atoms with van der Waals surface area (Å²) in [5.41, 5.74) is 7.61. The van der Waals surface area contributed by atoms with Gasteiger partial charge in [-0.1, -0.05) is 24.3 Å². The van der Waals surface area contributed by atoms with E-state index in [1.807, 2.05) is 39.0 Å². The molecule has 0 saturated heterocycles. The predicted octanol–water partition coefficient (Wildman–Crippen LogP) is 2.29. The monoisotopic (exact) mass is 305 g/mol. The van der Waals surface area contributed by atoms with E-state index in [-0.39, 0.29) is 6.09 Å². The minimum atomic E-state index is -0.478. The first kappa shape index (κ1) is 16.8. The van der Waals surface area contributed by atoms with Crippen molar-refractivity contribution in [2.24, 2.45) is 5.73 Å². The van der Waals surface area contributed by atoms with E-state index in [9.17, 15) is 4.79 Å². The minimum Gasteiger partial charge on any atom is -0.444 e. The Kier molecular flexibility index (Phi) is 5.42. The first-order valence-corrected chi connectivity index (χ1v) is 7.86. The molecule has 1 aromatic carbocycles. The third-order valence-electron chi connectivity index (χ3n) is 3.70. The summed E-state index contributed by atoms with van der Waals surface area (Å²) in [5, 5.41) is 6.32. The molecular formula is C17H27N3O2. The molecule has 0 aromatic heterocycles. The third-order valence-corrected chi connectivity index (χ3v) is 3.70. The van der Waals surface area contributed by atoms with Crippen molar-refractivity contribution in [2.75, 3.05) is 0 Å². The summed E-state index contributed by atoms with van der Waals surface area (Å²) in [6.07, 6.45) is 1.69. The van der Waals surface area contributed by atoms with E-state index >= 15 is 0 Å². The maximum atomic E-state index is 11.7. The molecular weight excluding hydrogens is 278 g/mol. The zero-order valence-electron chi connectivity index (χ0n) is 13.7. The molecule has 0 radical (unpaired) electrons. The molecule has 0 bridgehead atoms. The first-order valence-electron chi connectivity index (χ1n) is 7.86. The fourth-order valence-corrected chi connectivity index (χ4v) is 2.47. The number of carbonyl (C=O) groups is 1. The van der Waals surface area contributed by atoms with Gasteiger partial charge in [-0.3, -0.25) is 0 Å². The second-order valence-electron chi connectivity index (χ2n) is 6.93. The van der Waals surface area contributed by atoms with Gasteiger partial charge in [0.15, 0.2) is 0 Å². The Bertz CT molecular complexity index is 505. The smallest absolute Gasteiger partial charge is 0.407 e. The van der Waals surface area contributed by atoms with Crippen LogP contribution < -0.4 is 16.4 Å². The van der Waals surface area contributed by atoms with Crippen molar-refractivity contribution in [3.05, 3.63) is 35.4 Å². The molecule has 122 valence electrons. The van der Waals surface area contributed by atoms with E-state index in [2.05, 4.69) is 16.7 Å². The molecule has 2 rings (SSSR count). The molecule has 22 heavy (non-hydrogen) atoms. The molecule has 1 saturated carbocycles. The maximum Gasteiger partial charge on any atom is 0.407 e. The molecule has 0 aliphatic heterocycles. The largest absolute Gasteiger partial charge is 0.444 e. The molecule has 1 fully saturated rings. The second kappa shape index (κ2) is 7.11. The van der Waals surface area contributed by atoms with Gasteiger partial charge < -0.3 is 21.1 Å². The van der Waals surface area contributed by atoms with Crippen LogP contribution in [-0.2, 0) is 17.8 Å². The minimum absolute atomic E-state index is 0.349. The Balaban J connectivity index is 1.84. The van der Waals surface area contributed by atoms with Crippen LogP contribution in [0.2, 0.25) is 0 Å². The Morgan fingerprint density at radius 1 is 1.23 bits per heavy atom. The van der Waals surface area contributed by atoms with Crippen LogP contribution in [-0.4, -0.2) is 23.8 Å². The van der Waals surface area contributed by atoms with Crippen LogP contribution in [0.15, 0.2) is 24.3 Å². The lowest BCUT2D eigenvalue weighted by atomic mass is 9.87. The quantitative estimate of drug-likeness (QED) is 0.780. The van der Waals surface area contributed by atoms with Crippen LogP contribution in [0, 0.1) is 0 Å². The van der Waals surface area contributed by atoms with Gasteiger partial charge in [0.2, 0.25) is 0 Å². The number of nitrogens with two attached hydrogens (primary N) is 1. The molecule has 1 aromatic rings. The van der Waals surface area contributed by atoms with Crippen LogP contribution in [0.1, 0.15) is 44.7 Å². The van der Waals surface area contributed by atoms with Crippen molar-refractivity contribution in [3.63, 3.8) is 0 Å². The number of benzene rings is 1. The van der Waals surface area contributed by atoms with E-state index in [0.29, 0.717) is 18.6 Å². The zero-order valence-corrected chi connectivity index (χ0v) is 13.7. The first-order chi connectivity index (χ1) is 10.3. The van der Waals surface area contributed by atoms with Gasteiger partial charge in [-0.25, -0.2) is 4.79 Å². The maximum absolute atomic E-state index is 11.7. The highest BCUT2D eigenvalue weighted by Crippen LogP contribution is 2.18. The van der Waals surface area contributed by atoms with Gasteiger partial charge in [0.25, 0.3) is 0 Å². The van der Waals surface area contributed by atoms with Crippen molar-refractivity contribution in [1.82, 2.24) is 10.6 Å². The summed E-state index contributed by atoms with van der Waals surface area (Å²) in [5.74, 6) is 0. The number of carbonyl (C=O) groups excluding carboxylic acids is 1. The summed E-state index contributed by atoms with van der Waals surface area (Å²) in [7, 11) is 0. The Morgan fingerprint density at radius 3 is 2.36 bits per heavy atom. The molecule has 0 spiro atoms. The van der Waals surface area contributed by atoms with Crippen LogP contribution >= 0.6 is 0 Å². The zero-order chi connectivity index (χ0) is 16.2. The summed E-state index contributed by atoms with van der Waals surface area (Å²) >= 11 is 0. The number of hydrogen-bond donors (Lipinski definition) is 3. The van der Waals surface area contributed by atoms with E-state index < -0.39 is 5.60 Å². The van der Waals surface area contributed by atoms with Crippen molar-refractivity contribution >= 4 is 6.09 Å². The number of nitrogens with one attached hydrogen (secondary N) is 2. The lowest BCUT2D eigenvalue weighted by molar-refractivity contribution is 0.0523. The standard InChI is InChI=1S/C17H27N3O2/c1-17(2,3)22-16(21)20-11-13-7-5-4-6-12(13)10-19-15-8-14(18)9-15/h4-7,14-15,19H,8-11,18H2,1-3H3,(H,20,21). The SMILES string of the molecule is CC(C)(C)OC(=O)NCc1ccccc1CNC1CC(N)C1. The van der Waals surface area contributed by atoms with Crippen LogP contribution in [0.3, 0.4) is 0 Å². The lowest BCUT2D eigenvalue weighted by Crippen LogP contribution is -2.48. The van der Waals surface area contributed by atoms with E-state index in [1.54, 1.807) is 0 Å². The van der Waals surface area contributed by atoms with Gasteiger partial charge in [0.05, 0.1) is 0 Å². The summed E-state index contributed by atoms with van der Waals surface area (Å²) in [6.45, 7) is 6.83. The van der Waals surface area contributed by atoms with Crippen LogP contribution in [0.5, 0.6) is 0 Å². The Labute approximate surface area is 132 Å². The molecule has 5 heteroatoms. The van der Waals surface area contributed by atoms with Crippen molar-refractivity contribution < 1.29 is 9.53 Å². The Morgan fingerprint density at radius 2 is 1.82 bits per heavy atom. The van der Waals surface area contributed by atoms with Crippen LogP contribution in [0.4, 0.5) is 4.79 Å². The van der Waals surface area contributed by atoms with Crippen molar-refractivity contribution in [3.8, 4) is 0 Å². The number of hydrogen-bond acceptors (Lipinski definition) is 4. The molecule has 0 heterocycles. The van der Waals surface area contributed by atoms with Gasteiger partial charge in [0, 0.05) is 25.2 Å². The molecule has 0 atom stereocenters. The van der Waals surface area contributed by atoms with E-state index in [0.717, 1.165) is 24.9 Å². The molecule has 5 nitrogen and oxygen atoms in total. The van der Waals surface area contributed by atoms with Gasteiger partial charge in [0.1, 0.15) is 5.60 Å². The average molecular weight is 305 g/mol. The van der Waals surface area contributed by atoms with Gasteiger partial charge in [-0.15, -0.1) is 0 Å². The molecule has 1 aliphatic rings. The van der Waals surface area contributed by atoms with Crippen molar-refractivity contribution in [2.45, 2.75) is 64.4 Å². The normalized spacial score (nSPS) is 21.1. The number of amides is 1. The average Bonchev–Trinajstić information content (AvgIpc) is 2.39. The molecule has 4 N–H and O–H groups in total. The van der Waals surface area contributed by atoms with Crippen molar-refractivity contribution in [1.29, 1.82) is 0 Å². The number of rotatable bonds is 5. The van der Waals surface area contributed by atoms with E-state index in [4.69, 9.17) is 10.5 Å². The summed E-state index contributed by atoms with van der Waals surface area (Å²) in [6, 6.07) is 8.97. The van der Waals surface area contributed by atoms with Crippen LogP contribution in [0.25, 0.3) is 0 Å². The highest BCUT2D eigenvalue weighted by atomic mass is 16.6. The third kappa shape index (κ3) is 5.31. The molecule has 1 amide bonds. The molecule has 0 unspecified atom stereocenters. The van der Waals surface area contributed by atoms with Gasteiger partial charge >= 0.3 is 6.09 Å². The summed E-state index contributed by atoms with van der Waals surface area (Å²) in [4.78, 5) is 11.7. The highest BCUT2D eigenvalue weighted by Gasteiger charge is 2.25. The predicted molar refractivity (Wildman–Crippen MR) is 87.4 cm³/mol. The lowest BCUT2D eigenvalue weighted by Gasteiger charge is -2.33. The highest BCUT2D eigenvalue weighted by molar-refractivity contribution is 5.67. The Hall–Kier alpha value is -1.59. The second-order valence-corrected chi connectivity index (χ2v) is 6.93. The van der Waals surface area contributed by atoms with E-state index in [1.165, 1.54) is 5.56 Å². The number of ether oxygens (including phenoxy) is 1. The summed E-state index contributed by atoms with van der Waals surface area (Å²) < 4.78 is 5.26. The topological polar surface area (TPSA) is 76.4 Å². The van der Waals surface area contributed by atoms with Gasteiger partial charge in [-0.05, 0) is 44.7 Å².